The standard InChI is InChI=1S/C19H13F3N4/c1-12-5-4-7-14(11-12)26-17(24-25-18(26)19(20,21)22)16-10-9-13-6-2-3-8-15(13)23-16/h2-11H,1H3. The lowest BCUT2D eigenvalue weighted by atomic mass is 10.2. The zero-order chi connectivity index (χ0) is 18.3. The molecule has 0 aliphatic rings. The summed E-state index contributed by atoms with van der Waals surface area (Å²) in [4.78, 5) is 4.46. The first-order valence-electron chi connectivity index (χ1n) is 7.89. The molecule has 7 heteroatoms. The number of halogens is 3. The SMILES string of the molecule is Cc1cccc(-n2c(-c3ccc4ccccc4n3)nnc2C(F)(F)F)c1. The quantitative estimate of drug-likeness (QED) is 0.519. The normalized spacial score (nSPS) is 11.8. The fourth-order valence-corrected chi connectivity index (χ4v) is 2.84. The summed E-state index contributed by atoms with van der Waals surface area (Å²) < 4.78 is 41.4. The van der Waals surface area contributed by atoms with E-state index < -0.39 is 12.0 Å². The lowest BCUT2D eigenvalue weighted by Crippen LogP contribution is -2.14. The maximum atomic E-state index is 13.5. The summed E-state index contributed by atoms with van der Waals surface area (Å²) in [5.74, 6) is -1.03. The number of aromatic nitrogens is 4. The van der Waals surface area contributed by atoms with Crippen LogP contribution in [0, 0.1) is 6.92 Å². The van der Waals surface area contributed by atoms with Crippen molar-refractivity contribution in [2.75, 3.05) is 0 Å². The van der Waals surface area contributed by atoms with E-state index in [1.165, 1.54) is 0 Å². The predicted octanol–water partition coefficient (Wildman–Crippen LogP) is 4.81. The van der Waals surface area contributed by atoms with E-state index >= 15 is 0 Å². The van der Waals surface area contributed by atoms with Gasteiger partial charge in [0.05, 0.1) is 5.52 Å². The van der Waals surface area contributed by atoms with Gasteiger partial charge in [0.2, 0.25) is 5.82 Å². The lowest BCUT2D eigenvalue weighted by Gasteiger charge is -2.12. The second-order valence-electron chi connectivity index (χ2n) is 5.91. The molecule has 0 radical (unpaired) electrons. The first kappa shape index (κ1) is 16.3. The molecule has 0 N–H and O–H groups in total. The van der Waals surface area contributed by atoms with Crippen molar-refractivity contribution >= 4 is 10.9 Å². The molecule has 0 saturated carbocycles. The van der Waals surface area contributed by atoms with Gasteiger partial charge in [0.15, 0.2) is 5.82 Å². The maximum absolute atomic E-state index is 13.5. The van der Waals surface area contributed by atoms with Gasteiger partial charge < -0.3 is 0 Å². The fraction of sp³-hybridized carbons (Fsp3) is 0.105. The van der Waals surface area contributed by atoms with Crippen LogP contribution in [0.2, 0.25) is 0 Å². The van der Waals surface area contributed by atoms with Crippen molar-refractivity contribution in [1.29, 1.82) is 0 Å². The van der Waals surface area contributed by atoms with Gasteiger partial charge in [-0.15, -0.1) is 10.2 Å². The van der Waals surface area contributed by atoms with Crippen molar-refractivity contribution in [1.82, 2.24) is 19.7 Å². The van der Waals surface area contributed by atoms with Crippen LogP contribution in [-0.4, -0.2) is 19.7 Å². The summed E-state index contributed by atoms with van der Waals surface area (Å²) in [7, 11) is 0. The molecule has 0 fully saturated rings. The highest BCUT2D eigenvalue weighted by Crippen LogP contribution is 2.33. The van der Waals surface area contributed by atoms with Crippen molar-refractivity contribution in [2.45, 2.75) is 13.1 Å². The van der Waals surface area contributed by atoms with Crippen LogP contribution in [0.15, 0.2) is 60.7 Å². The van der Waals surface area contributed by atoms with E-state index in [4.69, 9.17) is 0 Å². The summed E-state index contributed by atoms with van der Waals surface area (Å²) in [6.45, 7) is 1.81. The van der Waals surface area contributed by atoms with Gasteiger partial charge in [-0.2, -0.15) is 13.2 Å². The molecule has 0 aliphatic heterocycles. The fourth-order valence-electron chi connectivity index (χ4n) is 2.84. The molecule has 4 rings (SSSR count). The second-order valence-corrected chi connectivity index (χ2v) is 5.91. The first-order chi connectivity index (χ1) is 12.4. The number of hydrogen-bond donors (Lipinski definition) is 0. The van der Waals surface area contributed by atoms with Crippen molar-refractivity contribution in [3.8, 4) is 17.2 Å². The highest BCUT2D eigenvalue weighted by atomic mass is 19.4. The Hall–Kier alpha value is -3.22. The van der Waals surface area contributed by atoms with Crippen molar-refractivity contribution < 1.29 is 13.2 Å². The number of pyridine rings is 1. The molecule has 0 unspecified atom stereocenters. The molecule has 0 aliphatic carbocycles. The van der Waals surface area contributed by atoms with E-state index in [2.05, 4.69) is 15.2 Å². The average Bonchev–Trinajstić information content (AvgIpc) is 3.07. The van der Waals surface area contributed by atoms with E-state index in [9.17, 15) is 13.2 Å². The highest BCUT2D eigenvalue weighted by Gasteiger charge is 2.39. The van der Waals surface area contributed by atoms with E-state index in [1.54, 1.807) is 36.4 Å². The van der Waals surface area contributed by atoms with E-state index in [-0.39, 0.29) is 5.82 Å². The van der Waals surface area contributed by atoms with Gasteiger partial charge in [-0.25, -0.2) is 4.98 Å². The van der Waals surface area contributed by atoms with Crippen LogP contribution < -0.4 is 0 Å². The van der Waals surface area contributed by atoms with E-state index in [0.717, 1.165) is 15.5 Å². The van der Waals surface area contributed by atoms with Crippen molar-refractivity contribution in [2.24, 2.45) is 0 Å². The van der Waals surface area contributed by atoms with Crippen LogP contribution in [0.1, 0.15) is 11.4 Å². The summed E-state index contributed by atoms with van der Waals surface area (Å²) >= 11 is 0. The summed E-state index contributed by atoms with van der Waals surface area (Å²) in [5, 5.41) is 8.09. The van der Waals surface area contributed by atoms with Crippen molar-refractivity contribution in [3.63, 3.8) is 0 Å². The van der Waals surface area contributed by atoms with Crippen LogP contribution in [-0.2, 0) is 6.18 Å². The smallest absolute Gasteiger partial charge is 0.270 e. The molecule has 0 bridgehead atoms. The highest BCUT2D eigenvalue weighted by molar-refractivity contribution is 5.80. The Labute approximate surface area is 147 Å². The maximum Gasteiger partial charge on any atom is 0.452 e. The van der Waals surface area contributed by atoms with Gasteiger partial charge >= 0.3 is 6.18 Å². The third-order valence-corrected chi connectivity index (χ3v) is 4.00. The van der Waals surface area contributed by atoms with Gasteiger partial charge in [0.1, 0.15) is 5.69 Å². The Morgan fingerprint density at radius 2 is 1.69 bits per heavy atom. The van der Waals surface area contributed by atoms with Crippen LogP contribution in [0.25, 0.3) is 28.1 Å². The molecule has 26 heavy (non-hydrogen) atoms. The van der Waals surface area contributed by atoms with Gasteiger partial charge in [-0.1, -0.05) is 36.4 Å². The second kappa shape index (κ2) is 5.94. The number of para-hydroxylation sites is 1. The number of nitrogens with zero attached hydrogens (tertiary/aromatic N) is 4. The molecular weight excluding hydrogens is 341 g/mol. The Bertz CT molecular complexity index is 1100. The largest absolute Gasteiger partial charge is 0.452 e. The average molecular weight is 354 g/mol. The minimum Gasteiger partial charge on any atom is -0.270 e. The third-order valence-electron chi connectivity index (χ3n) is 4.00. The molecule has 0 atom stereocenters. The van der Waals surface area contributed by atoms with Gasteiger partial charge in [-0.05, 0) is 36.8 Å². The minimum atomic E-state index is -4.63. The van der Waals surface area contributed by atoms with Crippen LogP contribution >= 0.6 is 0 Å². The number of benzene rings is 2. The zero-order valence-corrected chi connectivity index (χ0v) is 13.7. The molecule has 2 aromatic carbocycles. The molecule has 4 aromatic rings. The zero-order valence-electron chi connectivity index (χ0n) is 13.7. The molecule has 0 saturated heterocycles. The lowest BCUT2D eigenvalue weighted by molar-refractivity contribution is -0.146. The predicted molar refractivity (Wildman–Crippen MR) is 91.8 cm³/mol. The van der Waals surface area contributed by atoms with Crippen LogP contribution in [0.3, 0.4) is 0 Å². The molecule has 2 heterocycles. The molecule has 130 valence electrons. The Balaban J connectivity index is 1.97. The molecule has 2 aromatic heterocycles. The van der Waals surface area contributed by atoms with Crippen LogP contribution in [0.5, 0.6) is 0 Å². The van der Waals surface area contributed by atoms with E-state index in [0.29, 0.717) is 16.9 Å². The van der Waals surface area contributed by atoms with Crippen LogP contribution in [0.4, 0.5) is 13.2 Å². The monoisotopic (exact) mass is 354 g/mol. The van der Waals surface area contributed by atoms with Crippen molar-refractivity contribution in [3.05, 3.63) is 72.1 Å². The first-order valence-corrected chi connectivity index (χ1v) is 7.89. The summed E-state index contributed by atoms with van der Waals surface area (Å²) in [6.07, 6.45) is -4.63. The van der Waals surface area contributed by atoms with Gasteiger partial charge in [0.25, 0.3) is 0 Å². The number of hydrogen-bond acceptors (Lipinski definition) is 3. The Morgan fingerprint density at radius 1 is 0.885 bits per heavy atom. The number of alkyl halides is 3. The molecule has 0 amide bonds. The molecular formula is C19H13F3N4. The van der Waals surface area contributed by atoms with Gasteiger partial charge in [0, 0.05) is 11.1 Å². The minimum absolute atomic E-state index is 0.0497. The molecule has 0 spiro atoms. The number of rotatable bonds is 2. The Morgan fingerprint density at radius 3 is 2.46 bits per heavy atom. The summed E-state index contributed by atoms with van der Waals surface area (Å²) in [6, 6.07) is 17.6. The van der Waals surface area contributed by atoms with E-state index in [1.807, 2.05) is 31.2 Å². The number of fused-ring (bicyclic) bond motifs is 1. The third kappa shape index (κ3) is 2.81. The Kier molecular flexibility index (Phi) is 3.72. The summed E-state index contributed by atoms with van der Waals surface area (Å²) in [5.41, 5.74) is 2.18. The number of aryl methyl sites for hydroxylation is 1. The van der Waals surface area contributed by atoms with Gasteiger partial charge in [-0.3, -0.25) is 4.57 Å². The molecule has 4 nitrogen and oxygen atoms in total. The topological polar surface area (TPSA) is 43.6 Å².